The molecule has 2 aliphatic heterocycles. The minimum atomic E-state index is -0.355. The molecule has 2 saturated heterocycles. The topological polar surface area (TPSA) is 90.2 Å². The number of benzene rings is 1. The van der Waals surface area contributed by atoms with Gasteiger partial charge in [0.2, 0.25) is 11.8 Å². The second-order valence-electron chi connectivity index (χ2n) is 6.90. The summed E-state index contributed by atoms with van der Waals surface area (Å²) in [7, 11) is 0. The SMILES string of the molecule is CC(=O)N1CCN(C(=O)CN2CCN(c3ccccc3[N+](=O)[O-])CC2)CC1. The zero-order valence-electron chi connectivity index (χ0n) is 15.5. The number of piperazine rings is 2. The van der Waals surface area contributed by atoms with Crippen molar-refractivity contribution in [1.82, 2.24) is 14.7 Å². The van der Waals surface area contributed by atoms with E-state index in [0.29, 0.717) is 64.6 Å². The van der Waals surface area contributed by atoms with Gasteiger partial charge in [-0.2, -0.15) is 0 Å². The quantitative estimate of drug-likeness (QED) is 0.559. The lowest BCUT2D eigenvalue weighted by molar-refractivity contribution is -0.384. The third kappa shape index (κ3) is 4.54. The fraction of sp³-hybridized carbons (Fsp3) is 0.556. The number of hydrogen-bond acceptors (Lipinski definition) is 6. The van der Waals surface area contributed by atoms with Crippen LogP contribution in [-0.2, 0) is 9.59 Å². The van der Waals surface area contributed by atoms with Crippen molar-refractivity contribution in [2.45, 2.75) is 6.92 Å². The first-order chi connectivity index (χ1) is 13.0. The number of hydrogen-bond donors (Lipinski definition) is 0. The number of anilines is 1. The average Bonchev–Trinajstić information content (AvgIpc) is 2.68. The van der Waals surface area contributed by atoms with Crippen molar-refractivity contribution in [3.05, 3.63) is 34.4 Å². The van der Waals surface area contributed by atoms with Crippen molar-refractivity contribution in [2.75, 3.05) is 63.8 Å². The molecule has 0 aliphatic carbocycles. The van der Waals surface area contributed by atoms with Gasteiger partial charge in [-0.3, -0.25) is 24.6 Å². The summed E-state index contributed by atoms with van der Waals surface area (Å²) >= 11 is 0. The van der Waals surface area contributed by atoms with Gasteiger partial charge in [0.15, 0.2) is 0 Å². The molecule has 0 unspecified atom stereocenters. The van der Waals surface area contributed by atoms with E-state index < -0.39 is 0 Å². The van der Waals surface area contributed by atoms with Gasteiger partial charge in [-0.15, -0.1) is 0 Å². The van der Waals surface area contributed by atoms with E-state index in [0.717, 1.165) is 0 Å². The van der Waals surface area contributed by atoms with Crippen LogP contribution in [0, 0.1) is 10.1 Å². The maximum atomic E-state index is 12.5. The Kier molecular flexibility index (Phi) is 5.90. The number of nitro groups is 1. The Bertz CT molecular complexity index is 709. The monoisotopic (exact) mass is 375 g/mol. The molecule has 1 aromatic rings. The number of amides is 2. The number of nitrogens with zero attached hydrogens (tertiary/aromatic N) is 5. The molecular formula is C18H25N5O4. The highest BCUT2D eigenvalue weighted by Gasteiger charge is 2.27. The van der Waals surface area contributed by atoms with E-state index in [2.05, 4.69) is 4.90 Å². The molecule has 2 amide bonds. The van der Waals surface area contributed by atoms with Crippen LogP contribution in [0.1, 0.15) is 6.92 Å². The van der Waals surface area contributed by atoms with Crippen LogP contribution in [0.4, 0.5) is 11.4 Å². The van der Waals surface area contributed by atoms with Gasteiger partial charge in [0.1, 0.15) is 5.69 Å². The minimum absolute atomic E-state index is 0.0493. The highest BCUT2D eigenvalue weighted by Crippen LogP contribution is 2.28. The van der Waals surface area contributed by atoms with Crippen LogP contribution in [0.25, 0.3) is 0 Å². The summed E-state index contributed by atoms with van der Waals surface area (Å²) < 4.78 is 0. The Morgan fingerprint density at radius 1 is 0.963 bits per heavy atom. The standard InChI is InChI=1S/C18H25N5O4/c1-15(24)20-10-12-22(13-11-20)18(25)14-19-6-8-21(9-7-19)16-4-2-3-5-17(16)23(26)27/h2-5H,6-14H2,1H3. The van der Waals surface area contributed by atoms with E-state index in [1.54, 1.807) is 30.0 Å². The molecule has 0 bridgehead atoms. The van der Waals surface area contributed by atoms with Crippen molar-refractivity contribution < 1.29 is 14.5 Å². The molecule has 2 heterocycles. The Morgan fingerprint density at radius 3 is 2.15 bits per heavy atom. The predicted octanol–water partition coefficient (Wildman–Crippen LogP) is 0.408. The van der Waals surface area contributed by atoms with Gasteiger partial charge in [0.05, 0.1) is 11.5 Å². The van der Waals surface area contributed by atoms with Crippen LogP contribution in [0.15, 0.2) is 24.3 Å². The lowest BCUT2D eigenvalue weighted by Gasteiger charge is -2.38. The zero-order valence-corrected chi connectivity index (χ0v) is 15.5. The summed E-state index contributed by atoms with van der Waals surface area (Å²) in [5.74, 6) is 0.130. The molecule has 9 nitrogen and oxygen atoms in total. The van der Waals surface area contributed by atoms with E-state index in [1.807, 2.05) is 9.80 Å². The van der Waals surface area contributed by atoms with Gasteiger partial charge in [-0.25, -0.2) is 0 Å². The summed E-state index contributed by atoms with van der Waals surface area (Å²) in [6, 6.07) is 6.76. The Hall–Kier alpha value is -2.68. The minimum Gasteiger partial charge on any atom is -0.363 e. The van der Waals surface area contributed by atoms with Crippen molar-refractivity contribution in [2.24, 2.45) is 0 Å². The number of carbonyl (C=O) groups excluding carboxylic acids is 2. The average molecular weight is 375 g/mol. The third-order valence-corrected chi connectivity index (χ3v) is 5.23. The second kappa shape index (κ2) is 8.34. The normalized spacial score (nSPS) is 18.5. The van der Waals surface area contributed by atoms with Gasteiger partial charge in [-0.1, -0.05) is 12.1 Å². The fourth-order valence-electron chi connectivity index (χ4n) is 3.59. The summed E-state index contributed by atoms with van der Waals surface area (Å²) in [4.78, 5) is 42.4. The molecule has 2 fully saturated rings. The lowest BCUT2D eigenvalue weighted by atomic mass is 10.2. The number of nitro benzene ring substituents is 1. The first kappa shape index (κ1) is 19.1. The van der Waals surface area contributed by atoms with Gasteiger partial charge in [-0.05, 0) is 6.07 Å². The molecule has 0 saturated carbocycles. The first-order valence-corrected chi connectivity index (χ1v) is 9.19. The third-order valence-electron chi connectivity index (χ3n) is 5.23. The number of rotatable bonds is 4. The van der Waals surface area contributed by atoms with Crippen LogP contribution < -0.4 is 4.90 Å². The fourth-order valence-corrected chi connectivity index (χ4v) is 3.59. The van der Waals surface area contributed by atoms with Gasteiger partial charge in [0, 0.05) is 65.3 Å². The van der Waals surface area contributed by atoms with Crippen LogP contribution in [0.3, 0.4) is 0 Å². The largest absolute Gasteiger partial charge is 0.363 e. The summed E-state index contributed by atoms with van der Waals surface area (Å²) in [6.45, 7) is 6.91. The molecule has 27 heavy (non-hydrogen) atoms. The molecule has 9 heteroatoms. The predicted molar refractivity (Wildman–Crippen MR) is 101 cm³/mol. The molecule has 0 aromatic heterocycles. The molecule has 0 N–H and O–H groups in total. The van der Waals surface area contributed by atoms with Crippen molar-refractivity contribution in [3.63, 3.8) is 0 Å². The maximum Gasteiger partial charge on any atom is 0.292 e. The van der Waals surface area contributed by atoms with Crippen LogP contribution in [0.2, 0.25) is 0 Å². The maximum absolute atomic E-state index is 12.5. The van der Waals surface area contributed by atoms with Gasteiger partial charge in [0.25, 0.3) is 5.69 Å². The molecule has 0 atom stereocenters. The number of para-hydroxylation sites is 2. The smallest absolute Gasteiger partial charge is 0.292 e. The van der Waals surface area contributed by atoms with Crippen molar-refractivity contribution in [1.29, 1.82) is 0 Å². The second-order valence-corrected chi connectivity index (χ2v) is 6.90. The molecule has 0 spiro atoms. The van der Waals surface area contributed by atoms with E-state index in [1.165, 1.54) is 6.07 Å². The lowest BCUT2D eigenvalue weighted by Crippen LogP contribution is -2.54. The summed E-state index contributed by atoms with van der Waals surface area (Å²) in [6.07, 6.45) is 0. The van der Waals surface area contributed by atoms with Crippen LogP contribution >= 0.6 is 0 Å². The van der Waals surface area contributed by atoms with Crippen molar-refractivity contribution in [3.8, 4) is 0 Å². The molecule has 0 radical (unpaired) electrons. The van der Waals surface area contributed by atoms with Crippen LogP contribution in [0.5, 0.6) is 0 Å². The van der Waals surface area contributed by atoms with E-state index in [9.17, 15) is 19.7 Å². The van der Waals surface area contributed by atoms with Gasteiger partial charge >= 0.3 is 0 Å². The molecule has 146 valence electrons. The highest BCUT2D eigenvalue weighted by atomic mass is 16.6. The zero-order chi connectivity index (χ0) is 19.4. The molecule has 1 aromatic carbocycles. The first-order valence-electron chi connectivity index (χ1n) is 9.19. The Balaban J connectivity index is 1.49. The summed E-state index contributed by atoms with van der Waals surface area (Å²) in [5, 5.41) is 11.2. The Morgan fingerprint density at radius 2 is 1.56 bits per heavy atom. The van der Waals surface area contributed by atoms with E-state index >= 15 is 0 Å². The molecular weight excluding hydrogens is 350 g/mol. The number of carbonyl (C=O) groups is 2. The summed E-state index contributed by atoms with van der Waals surface area (Å²) in [5.41, 5.74) is 0.749. The van der Waals surface area contributed by atoms with Gasteiger partial charge < -0.3 is 14.7 Å². The van der Waals surface area contributed by atoms with E-state index in [4.69, 9.17) is 0 Å². The van der Waals surface area contributed by atoms with E-state index in [-0.39, 0.29) is 22.4 Å². The molecule has 2 aliphatic rings. The molecule has 3 rings (SSSR count). The highest BCUT2D eigenvalue weighted by molar-refractivity contribution is 5.79. The van der Waals surface area contributed by atoms with Crippen molar-refractivity contribution >= 4 is 23.2 Å². The van der Waals surface area contributed by atoms with Crippen LogP contribution in [-0.4, -0.2) is 90.3 Å². The Labute approximate surface area is 158 Å².